The molecule has 0 aliphatic heterocycles. The summed E-state index contributed by atoms with van der Waals surface area (Å²) in [4.78, 5) is 24.9. The predicted octanol–water partition coefficient (Wildman–Crippen LogP) is 5.09. The third-order valence-electron chi connectivity index (χ3n) is 4.25. The van der Waals surface area contributed by atoms with Crippen molar-refractivity contribution in [1.29, 1.82) is 0 Å². The molecule has 0 radical (unpaired) electrons. The quantitative estimate of drug-likeness (QED) is 0.397. The molecule has 0 spiro atoms. The van der Waals surface area contributed by atoms with E-state index in [1.807, 2.05) is 12.1 Å². The maximum Gasteiger partial charge on any atom is 0.335 e. The van der Waals surface area contributed by atoms with Crippen LogP contribution in [0, 0.1) is 0 Å². The Morgan fingerprint density at radius 3 is 2.71 bits per heavy atom. The number of hydrogen-bond acceptors (Lipinski definition) is 7. The lowest BCUT2D eigenvalue weighted by Gasteiger charge is -2.07. The van der Waals surface area contributed by atoms with Gasteiger partial charge in [-0.1, -0.05) is 6.07 Å². The van der Waals surface area contributed by atoms with E-state index in [4.69, 9.17) is 9.84 Å². The van der Waals surface area contributed by atoms with Crippen molar-refractivity contribution in [3.05, 3.63) is 83.1 Å². The molecular formula is C22H17FN4O3S. The maximum atomic E-state index is 12.8. The summed E-state index contributed by atoms with van der Waals surface area (Å²) in [5.41, 5.74) is 1.48. The van der Waals surface area contributed by atoms with E-state index in [2.05, 4.69) is 20.3 Å². The molecule has 3 heterocycles. The van der Waals surface area contributed by atoms with Crippen LogP contribution in [-0.4, -0.2) is 26.0 Å². The van der Waals surface area contributed by atoms with E-state index < -0.39 is 12.6 Å². The van der Waals surface area contributed by atoms with Crippen LogP contribution < -0.4 is 10.1 Å². The Balaban J connectivity index is 1.42. The molecule has 4 rings (SSSR count). The van der Waals surface area contributed by atoms with Crippen molar-refractivity contribution >= 4 is 28.9 Å². The zero-order valence-electron chi connectivity index (χ0n) is 16.2. The van der Waals surface area contributed by atoms with Gasteiger partial charge in [-0.05, 0) is 54.1 Å². The molecule has 0 unspecified atom stereocenters. The van der Waals surface area contributed by atoms with Gasteiger partial charge in [0.05, 0.1) is 16.1 Å². The average Bonchev–Trinajstić information content (AvgIpc) is 3.27. The molecule has 0 aliphatic carbocycles. The molecule has 0 fully saturated rings. The van der Waals surface area contributed by atoms with Crippen molar-refractivity contribution in [3.8, 4) is 16.3 Å². The Kier molecular flexibility index (Phi) is 6.13. The third kappa shape index (κ3) is 5.20. The largest absolute Gasteiger partial charge is 0.486 e. The summed E-state index contributed by atoms with van der Waals surface area (Å²) in [6.07, 6.45) is 3.27. The van der Waals surface area contributed by atoms with Crippen LogP contribution in [0.2, 0.25) is 0 Å². The van der Waals surface area contributed by atoms with E-state index in [1.54, 1.807) is 42.7 Å². The second kappa shape index (κ2) is 9.31. The lowest BCUT2D eigenvalue weighted by Crippen LogP contribution is -1.97. The number of ether oxygens (including phenoxy) is 1. The Bertz CT molecular complexity index is 1200. The van der Waals surface area contributed by atoms with Crippen molar-refractivity contribution in [1.82, 2.24) is 15.0 Å². The number of thiazole rings is 1. The maximum absolute atomic E-state index is 12.8. The molecule has 0 amide bonds. The molecule has 0 saturated carbocycles. The van der Waals surface area contributed by atoms with Gasteiger partial charge in [0.25, 0.3) is 0 Å². The van der Waals surface area contributed by atoms with Crippen molar-refractivity contribution in [2.24, 2.45) is 0 Å². The van der Waals surface area contributed by atoms with Crippen molar-refractivity contribution in [2.45, 2.75) is 13.3 Å². The van der Waals surface area contributed by atoms with E-state index in [0.29, 0.717) is 22.9 Å². The van der Waals surface area contributed by atoms with Gasteiger partial charge in [0.1, 0.15) is 35.7 Å². The topological polar surface area (TPSA) is 97.2 Å². The minimum atomic E-state index is -0.980. The molecule has 156 valence electrons. The van der Waals surface area contributed by atoms with Crippen LogP contribution in [0.3, 0.4) is 0 Å². The van der Waals surface area contributed by atoms with Crippen LogP contribution in [0.5, 0.6) is 5.75 Å². The SMILES string of the molecule is O=C(O)c1ccc(OCc2ncc(-c3cccc(Nc4cc(CF)ccn4)n3)s2)cc1. The number of nitrogens with one attached hydrogen (secondary N) is 1. The number of aromatic nitrogens is 3. The van der Waals surface area contributed by atoms with Crippen LogP contribution in [0.15, 0.2) is 67.0 Å². The first kappa shape index (κ1) is 20.4. The molecule has 9 heteroatoms. The number of alkyl halides is 1. The highest BCUT2D eigenvalue weighted by Crippen LogP contribution is 2.27. The fourth-order valence-electron chi connectivity index (χ4n) is 2.73. The highest BCUT2D eigenvalue weighted by Gasteiger charge is 2.09. The van der Waals surface area contributed by atoms with Gasteiger partial charge in [-0.15, -0.1) is 11.3 Å². The lowest BCUT2D eigenvalue weighted by atomic mass is 10.2. The number of carboxylic acids is 1. The summed E-state index contributed by atoms with van der Waals surface area (Å²) < 4.78 is 18.5. The van der Waals surface area contributed by atoms with Crippen LogP contribution in [0.1, 0.15) is 20.9 Å². The number of halogens is 1. The van der Waals surface area contributed by atoms with Gasteiger partial charge in [-0.3, -0.25) is 0 Å². The fourth-order valence-corrected chi connectivity index (χ4v) is 3.53. The Labute approximate surface area is 181 Å². The van der Waals surface area contributed by atoms with Crippen molar-refractivity contribution in [3.63, 3.8) is 0 Å². The summed E-state index contributed by atoms with van der Waals surface area (Å²) >= 11 is 1.45. The van der Waals surface area contributed by atoms with E-state index in [1.165, 1.54) is 23.5 Å². The molecule has 2 N–H and O–H groups in total. The number of carbonyl (C=O) groups is 1. The van der Waals surface area contributed by atoms with E-state index in [0.717, 1.165) is 15.6 Å². The Morgan fingerprint density at radius 2 is 1.94 bits per heavy atom. The number of rotatable bonds is 8. The number of aromatic carboxylic acids is 1. The fraction of sp³-hybridized carbons (Fsp3) is 0.0909. The first-order valence-corrected chi connectivity index (χ1v) is 10.1. The second-order valence-electron chi connectivity index (χ2n) is 6.45. The summed E-state index contributed by atoms with van der Waals surface area (Å²) in [5, 5.41) is 12.8. The molecule has 4 aromatic rings. The minimum absolute atomic E-state index is 0.204. The third-order valence-corrected chi connectivity index (χ3v) is 5.25. The van der Waals surface area contributed by atoms with Gasteiger partial charge >= 0.3 is 5.97 Å². The second-order valence-corrected chi connectivity index (χ2v) is 7.57. The number of carboxylic acid groups (broad SMARTS) is 1. The number of benzene rings is 1. The first-order chi connectivity index (χ1) is 15.1. The molecule has 0 atom stereocenters. The molecule has 1 aromatic carbocycles. The zero-order valence-corrected chi connectivity index (χ0v) is 17.0. The highest BCUT2D eigenvalue weighted by molar-refractivity contribution is 7.15. The molecule has 3 aromatic heterocycles. The molecule has 0 saturated heterocycles. The summed E-state index contributed by atoms with van der Waals surface area (Å²) in [7, 11) is 0. The van der Waals surface area contributed by atoms with Crippen LogP contribution >= 0.6 is 11.3 Å². The van der Waals surface area contributed by atoms with Gasteiger partial charge in [0.15, 0.2) is 0 Å². The molecule has 0 aliphatic rings. The van der Waals surface area contributed by atoms with Gasteiger partial charge < -0.3 is 15.2 Å². The molecule has 31 heavy (non-hydrogen) atoms. The summed E-state index contributed by atoms with van der Waals surface area (Å²) in [6.45, 7) is -0.297. The van der Waals surface area contributed by atoms with Gasteiger partial charge in [-0.25, -0.2) is 24.1 Å². The zero-order chi connectivity index (χ0) is 21.6. The summed E-state index contributed by atoms with van der Waals surface area (Å²) in [5.74, 6) is 0.693. The molecular weight excluding hydrogens is 419 g/mol. The standard InChI is InChI=1S/C22H17FN4O3S/c23-11-14-8-9-24-20(10-14)27-19-3-1-2-17(26-19)18-12-25-21(31-18)13-30-16-6-4-15(5-7-16)22(28)29/h1-10,12H,11,13H2,(H,28,29)(H,24,26,27). The van der Waals surface area contributed by atoms with Crippen LogP contribution in [0.4, 0.5) is 16.0 Å². The predicted molar refractivity (Wildman–Crippen MR) is 115 cm³/mol. The minimum Gasteiger partial charge on any atom is -0.486 e. The van der Waals surface area contributed by atoms with Crippen molar-refractivity contribution < 1.29 is 19.0 Å². The number of anilines is 2. The number of pyridine rings is 2. The van der Waals surface area contributed by atoms with E-state index in [-0.39, 0.29) is 12.2 Å². The van der Waals surface area contributed by atoms with Gasteiger partial charge in [0, 0.05) is 12.4 Å². The van der Waals surface area contributed by atoms with Crippen LogP contribution in [0.25, 0.3) is 10.6 Å². The van der Waals surface area contributed by atoms with Gasteiger partial charge in [0.2, 0.25) is 0 Å². The van der Waals surface area contributed by atoms with Crippen LogP contribution in [-0.2, 0) is 13.3 Å². The molecule has 0 bridgehead atoms. The molecule has 7 nitrogen and oxygen atoms in total. The Morgan fingerprint density at radius 1 is 1.10 bits per heavy atom. The monoisotopic (exact) mass is 436 g/mol. The smallest absolute Gasteiger partial charge is 0.335 e. The number of hydrogen-bond donors (Lipinski definition) is 2. The van der Waals surface area contributed by atoms with Gasteiger partial charge in [-0.2, -0.15) is 0 Å². The first-order valence-electron chi connectivity index (χ1n) is 9.27. The summed E-state index contributed by atoms with van der Waals surface area (Å²) in [6, 6.07) is 15.0. The normalized spacial score (nSPS) is 10.6. The van der Waals surface area contributed by atoms with E-state index >= 15 is 0 Å². The highest BCUT2D eigenvalue weighted by atomic mass is 32.1. The van der Waals surface area contributed by atoms with Crippen molar-refractivity contribution in [2.75, 3.05) is 5.32 Å². The number of nitrogens with zero attached hydrogens (tertiary/aromatic N) is 3. The average molecular weight is 436 g/mol. The Hall–Kier alpha value is -3.85. The van der Waals surface area contributed by atoms with E-state index in [9.17, 15) is 9.18 Å². The lowest BCUT2D eigenvalue weighted by molar-refractivity contribution is 0.0697.